The van der Waals surface area contributed by atoms with Crippen molar-refractivity contribution in [3.63, 3.8) is 0 Å². The van der Waals surface area contributed by atoms with E-state index in [0.29, 0.717) is 11.1 Å². The third-order valence-electron chi connectivity index (χ3n) is 7.69. The highest BCUT2D eigenvalue weighted by atomic mass is 16.2. The molecule has 148 valence electrons. The minimum Gasteiger partial charge on any atom is -0.345 e. The number of piperidine rings is 1. The Bertz CT molecular complexity index is 1150. The van der Waals surface area contributed by atoms with Gasteiger partial charge in [-0.1, -0.05) is 32.9 Å². The molecule has 1 N–H and O–H groups in total. The van der Waals surface area contributed by atoms with Crippen LogP contribution in [-0.4, -0.2) is 39.6 Å². The number of imidazole rings is 1. The van der Waals surface area contributed by atoms with E-state index in [4.69, 9.17) is 0 Å². The lowest BCUT2D eigenvalue weighted by atomic mass is 9.51. The number of aromatic amines is 1. The van der Waals surface area contributed by atoms with Crippen molar-refractivity contribution >= 4 is 23.2 Å². The number of aldehydes is 1. The molecule has 2 bridgehead atoms. The molecule has 0 spiro atoms. The maximum atomic E-state index is 13.5. The van der Waals surface area contributed by atoms with Gasteiger partial charge in [0.15, 0.2) is 0 Å². The van der Waals surface area contributed by atoms with Crippen LogP contribution in [0.2, 0.25) is 0 Å². The first kappa shape index (κ1) is 18.1. The fourth-order valence-electron chi connectivity index (χ4n) is 5.51. The summed E-state index contributed by atoms with van der Waals surface area (Å²) in [6, 6.07) is 11.8. The zero-order chi connectivity index (χ0) is 20.4. The van der Waals surface area contributed by atoms with E-state index in [1.807, 2.05) is 30.3 Å². The van der Waals surface area contributed by atoms with Gasteiger partial charge in [0.25, 0.3) is 5.91 Å². The molecule has 5 heteroatoms. The van der Waals surface area contributed by atoms with Gasteiger partial charge in [0.1, 0.15) is 6.29 Å². The number of amides is 1. The normalized spacial score (nSPS) is 24.9. The molecule has 2 heterocycles. The second-order valence-electron chi connectivity index (χ2n) is 9.19. The number of rotatable bonds is 2. The molecule has 5 rings (SSSR count). The predicted octanol–water partition coefficient (Wildman–Crippen LogP) is 4.13. The van der Waals surface area contributed by atoms with Crippen LogP contribution in [0.5, 0.6) is 0 Å². The zero-order valence-corrected chi connectivity index (χ0v) is 17.0. The second kappa shape index (κ2) is 6.02. The smallest absolute Gasteiger partial charge is 0.254 e. The topological polar surface area (TPSA) is 66.1 Å². The predicted molar refractivity (Wildman–Crippen MR) is 112 cm³/mol. The van der Waals surface area contributed by atoms with E-state index in [0.717, 1.165) is 36.7 Å². The number of nitrogens with zero attached hydrogens (tertiary/aromatic N) is 2. The summed E-state index contributed by atoms with van der Waals surface area (Å²) in [7, 11) is 0. The summed E-state index contributed by atoms with van der Waals surface area (Å²) < 4.78 is 0. The highest BCUT2D eigenvalue weighted by Crippen LogP contribution is 2.56. The molecule has 2 aliphatic rings. The first-order valence-electron chi connectivity index (χ1n) is 10.2. The summed E-state index contributed by atoms with van der Waals surface area (Å²) in [6.45, 7) is 7.62. The van der Waals surface area contributed by atoms with Crippen LogP contribution in [-0.2, 0) is 11.8 Å². The van der Waals surface area contributed by atoms with Crippen molar-refractivity contribution in [2.45, 2.75) is 45.1 Å². The van der Waals surface area contributed by atoms with Crippen molar-refractivity contribution in [3.05, 3.63) is 65.0 Å². The van der Waals surface area contributed by atoms with Crippen LogP contribution in [0, 0.1) is 5.41 Å². The van der Waals surface area contributed by atoms with Crippen LogP contribution in [0.3, 0.4) is 0 Å². The zero-order valence-electron chi connectivity index (χ0n) is 17.0. The van der Waals surface area contributed by atoms with Crippen molar-refractivity contribution in [3.8, 4) is 0 Å². The standard InChI is InChI=1S/C24H25N3O2/c1-23(2)21-12-17-10-15(13-28)4-6-18(17)24(23,3)8-9-27(21)22(29)16-5-7-19-20(11-16)26-14-25-19/h4-7,10-11,13-14,21H,8-9,12H2,1-3H3,(H,25,26). The van der Waals surface area contributed by atoms with E-state index in [-0.39, 0.29) is 22.8 Å². The summed E-state index contributed by atoms with van der Waals surface area (Å²) in [4.78, 5) is 34.2. The van der Waals surface area contributed by atoms with E-state index < -0.39 is 0 Å². The average Bonchev–Trinajstić information content (AvgIpc) is 3.17. The summed E-state index contributed by atoms with van der Waals surface area (Å²) in [5.41, 5.74) is 5.55. The largest absolute Gasteiger partial charge is 0.345 e. The quantitative estimate of drug-likeness (QED) is 0.673. The number of hydrogen-bond acceptors (Lipinski definition) is 3. The Morgan fingerprint density at radius 3 is 2.83 bits per heavy atom. The Morgan fingerprint density at radius 2 is 2.03 bits per heavy atom. The Morgan fingerprint density at radius 1 is 1.21 bits per heavy atom. The number of hydrogen-bond donors (Lipinski definition) is 1. The summed E-state index contributed by atoms with van der Waals surface area (Å²) in [5, 5.41) is 0. The fourth-order valence-corrected chi connectivity index (χ4v) is 5.51. The monoisotopic (exact) mass is 387 g/mol. The molecular formula is C24H25N3O2. The number of fused-ring (bicyclic) bond motifs is 5. The highest BCUT2D eigenvalue weighted by Gasteiger charge is 2.56. The second-order valence-corrected chi connectivity index (χ2v) is 9.19. The van der Waals surface area contributed by atoms with Gasteiger partial charge < -0.3 is 9.88 Å². The van der Waals surface area contributed by atoms with Gasteiger partial charge in [-0.05, 0) is 53.6 Å². The molecule has 1 aliphatic heterocycles. The van der Waals surface area contributed by atoms with Gasteiger partial charge in [0.2, 0.25) is 0 Å². The molecule has 1 amide bonds. The van der Waals surface area contributed by atoms with Gasteiger partial charge in [0.05, 0.1) is 17.4 Å². The van der Waals surface area contributed by atoms with Crippen LogP contribution in [0.4, 0.5) is 0 Å². The lowest BCUT2D eigenvalue weighted by Gasteiger charge is -2.60. The molecule has 2 atom stereocenters. The molecule has 29 heavy (non-hydrogen) atoms. The van der Waals surface area contributed by atoms with E-state index in [1.165, 1.54) is 11.1 Å². The molecule has 0 saturated carbocycles. The molecule has 1 fully saturated rings. The molecule has 3 aromatic rings. The van der Waals surface area contributed by atoms with Crippen LogP contribution in [0.15, 0.2) is 42.7 Å². The third-order valence-corrected chi connectivity index (χ3v) is 7.69. The minimum atomic E-state index is -0.0747. The molecule has 1 saturated heterocycles. The number of H-pyrrole nitrogens is 1. The SMILES string of the molecule is CC12CCN(C(=O)c3ccc4nc[nH]c4c3)C(Cc3cc(C=O)ccc31)C2(C)C. The molecular weight excluding hydrogens is 362 g/mol. The summed E-state index contributed by atoms with van der Waals surface area (Å²) in [5.74, 6) is 0.0663. The van der Waals surface area contributed by atoms with Crippen LogP contribution in [0.1, 0.15) is 59.0 Å². The van der Waals surface area contributed by atoms with Crippen molar-refractivity contribution in [2.24, 2.45) is 5.41 Å². The molecule has 2 aromatic carbocycles. The number of aromatic nitrogens is 2. The van der Waals surface area contributed by atoms with Gasteiger partial charge in [0, 0.05) is 29.1 Å². The van der Waals surface area contributed by atoms with Gasteiger partial charge in [-0.25, -0.2) is 4.98 Å². The Labute approximate surface area is 170 Å². The minimum absolute atomic E-state index is 0.0310. The van der Waals surface area contributed by atoms with Gasteiger partial charge >= 0.3 is 0 Å². The number of carbonyl (C=O) groups excluding carboxylic acids is 2. The van der Waals surface area contributed by atoms with Gasteiger partial charge in [-0.15, -0.1) is 0 Å². The fraction of sp³-hybridized carbons (Fsp3) is 0.375. The summed E-state index contributed by atoms with van der Waals surface area (Å²) >= 11 is 0. The van der Waals surface area contributed by atoms with Crippen molar-refractivity contribution < 1.29 is 9.59 Å². The number of carbonyl (C=O) groups is 2. The number of likely N-dealkylation sites (tertiary alicyclic amines) is 1. The number of nitrogens with one attached hydrogen (secondary N) is 1. The number of benzene rings is 2. The lowest BCUT2D eigenvalue weighted by molar-refractivity contribution is -0.0262. The highest BCUT2D eigenvalue weighted by molar-refractivity contribution is 5.97. The Balaban J connectivity index is 1.57. The van der Waals surface area contributed by atoms with E-state index in [9.17, 15) is 9.59 Å². The molecule has 1 aliphatic carbocycles. The third kappa shape index (κ3) is 2.43. The molecule has 2 unspecified atom stereocenters. The molecule has 5 nitrogen and oxygen atoms in total. The van der Waals surface area contributed by atoms with Crippen LogP contribution >= 0.6 is 0 Å². The van der Waals surface area contributed by atoms with E-state index >= 15 is 0 Å². The molecule has 1 aromatic heterocycles. The van der Waals surface area contributed by atoms with Crippen molar-refractivity contribution in [2.75, 3.05) is 6.54 Å². The van der Waals surface area contributed by atoms with E-state index in [1.54, 1.807) is 6.33 Å². The van der Waals surface area contributed by atoms with Crippen molar-refractivity contribution in [1.29, 1.82) is 0 Å². The molecule has 0 radical (unpaired) electrons. The maximum absolute atomic E-state index is 13.5. The summed E-state index contributed by atoms with van der Waals surface area (Å²) in [6.07, 6.45) is 4.23. The average molecular weight is 387 g/mol. The van der Waals surface area contributed by atoms with Gasteiger partial charge in [-0.2, -0.15) is 0 Å². The Kier molecular flexibility index (Phi) is 3.76. The lowest BCUT2D eigenvalue weighted by Crippen LogP contribution is -2.64. The van der Waals surface area contributed by atoms with Crippen molar-refractivity contribution in [1.82, 2.24) is 14.9 Å². The van der Waals surface area contributed by atoms with E-state index in [2.05, 4.69) is 41.7 Å². The van der Waals surface area contributed by atoms with Crippen LogP contribution < -0.4 is 0 Å². The van der Waals surface area contributed by atoms with Gasteiger partial charge in [-0.3, -0.25) is 9.59 Å². The van der Waals surface area contributed by atoms with Crippen LogP contribution in [0.25, 0.3) is 11.0 Å². The maximum Gasteiger partial charge on any atom is 0.254 e. The first-order chi connectivity index (χ1) is 13.8. The first-order valence-corrected chi connectivity index (χ1v) is 10.2. The Hall–Kier alpha value is -2.95.